The minimum atomic E-state index is -3.83. The first-order valence-electron chi connectivity index (χ1n) is 5.06. The van der Waals surface area contributed by atoms with Gasteiger partial charge in [0.25, 0.3) is 10.1 Å². The van der Waals surface area contributed by atoms with Crippen molar-refractivity contribution in [1.29, 1.82) is 0 Å². The predicted molar refractivity (Wildman–Crippen MR) is 57.2 cm³/mol. The van der Waals surface area contributed by atoms with Crippen LogP contribution in [0, 0.1) is 0 Å². The van der Waals surface area contributed by atoms with E-state index in [2.05, 4.69) is 0 Å². The zero-order chi connectivity index (χ0) is 11.3. The second kappa shape index (κ2) is 7.99. The van der Waals surface area contributed by atoms with Gasteiger partial charge in [-0.3, -0.25) is 14.3 Å². The van der Waals surface area contributed by atoms with Gasteiger partial charge >= 0.3 is 29.6 Å². The van der Waals surface area contributed by atoms with E-state index in [9.17, 15) is 8.42 Å². The Morgan fingerprint density at radius 2 is 1.88 bits per heavy atom. The van der Waals surface area contributed by atoms with E-state index in [0.717, 1.165) is 26.2 Å². The second-order valence-electron chi connectivity index (χ2n) is 3.47. The first-order valence-corrected chi connectivity index (χ1v) is 6.67. The van der Waals surface area contributed by atoms with Gasteiger partial charge in [0.1, 0.15) is 0 Å². The summed E-state index contributed by atoms with van der Waals surface area (Å²) in [6.07, 6.45) is 0. The van der Waals surface area contributed by atoms with E-state index >= 15 is 0 Å². The Morgan fingerprint density at radius 3 is 2.31 bits per heavy atom. The average Bonchev–Trinajstić information content (AvgIpc) is 2.16. The Kier molecular flexibility index (Phi) is 8.39. The maximum atomic E-state index is 10.5. The monoisotopic (exact) mass is 262 g/mol. The van der Waals surface area contributed by atoms with E-state index in [-0.39, 0.29) is 36.7 Å². The molecule has 8 heteroatoms. The van der Waals surface area contributed by atoms with Gasteiger partial charge in [0.2, 0.25) is 0 Å². The molecule has 0 bridgehead atoms. The van der Waals surface area contributed by atoms with Crippen molar-refractivity contribution in [2.24, 2.45) is 0 Å². The minimum absolute atomic E-state index is 0. The third-order valence-electron chi connectivity index (χ3n) is 2.31. The fourth-order valence-corrected chi connectivity index (χ4v) is 2.00. The quantitative estimate of drug-likeness (QED) is 0.411. The van der Waals surface area contributed by atoms with E-state index < -0.39 is 10.1 Å². The number of hydrogen-bond acceptors (Lipinski definition) is 5. The first-order chi connectivity index (χ1) is 7.01. The summed E-state index contributed by atoms with van der Waals surface area (Å²) in [4.78, 5) is 7.32. The molecule has 1 fully saturated rings. The van der Waals surface area contributed by atoms with E-state index in [0.29, 0.717) is 13.2 Å². The van der Waals surface area contributed by atoms with Gasteiger partial charge in [0, 0.05) is 32.7 Å². The summed E-state index contributed by atoms with van der Waals surface area (Å²) in [6.45, 7) is 6.08. The van der Waals surface area contributed by atoms with Crippen LogP contribution in [-0.4, -0.2) is 68.0 Å². The first kappa shape index (κ1) is 16.8. The van der Waals surface area contributed by atoms with Gasteiger partial charge in [-0.15, -0.1) is 0 Å². The van der Waals surface area contributed by atoms with E-state index in [4.69, 9.17) is 9.39 Å². The summed E-state index contributed by atoms with van der Waals surface area (Å²) in [5.41, 5.74) is 0. The van der Waals surface area contributed by atoms with Crippen LogP contribution in [0.15, 0.2) is 0 Å². The fourth-order valence-electron chi connectivity index (χ4n) is 1.51. The van der Waals surface area contributed by atoms with Gasteiger partial charge in [-0.1, -0.05) is 0 Å². The zero-order valence-electron chi connectivity index (χ0n) is 10.9. The normalized spacial score (nSPS) is 19.4. The van der Waals surface area contributed by atoms with Crippen LogP contribution in [0.25, 0.3) is 0 Å². The van der Waals surface area contributed by atoms with Crippen molar-refractivity contribution < 1.29 is 48.8 Å². The van der Waals surface area contributed by atoms with Gasteiger partial charge in [-0.2, -0.15) is 13.5 Å². The van der Waals surface area contributed by atoms with Gasteiger partial charge in [0.05, 0.1) is 12.4 Å². The van der Waals surface area contributed by atoms with Gasteiger partial charge in [-0.05, 0) is 6.92 Å². The molecule has 0 aromatic carbocycles. The van der Waals surface area contributed by atoms with Gasteiger partial charge in [0.15, 0.2) is 0 Å². The summed E-state index contributed by atoms with van der Waals surface area (Å²) in [5, 5.41) is 1.88. The summed E-state index contributed by atoms with van der Waals surface area (Å²) >= 11 is 0. The van der Waals surface area contributed by atoms with Crippen molar-refractivity contribution in [2.75, 3.05) is 45.1 Å². The molecule has 0 amide bonds. The molecular weight excluding hydrogens is 243 g/mol. The fraction of sp³-hybridized carbons (Fsp3) is 1.00. The van der Waals surface area contributed by atoms with E-state index in [1.54, 1.807) is 0 Å². The maximum absolute atomic E-state index is 10.5. The molecule has 0 unspecified atom stereocenters. The van der Waals surface area contributed by atoms with Crippen LogP contribution in [0.2, 0.25) is 0 Å². The number of hydrogen-bond donors (Lipinski definition) is 1. The van der Waals surface area contributed by atoms with Crippen LogP contribution in [0.5, 0.6) is 0 Å². The molecule has 0 radical (unpaired) electrons. The Morgan fingerprint density at radius 1 is 1.31 bits per heavy atom. The molecule has 0 aromatic rings. The standard InChI is InChI=1S/C8H18N2O4S.Na.H/c1-2-14-10-5-3-9(4-6-10)7-8-15(11,12)13;;/h2-8H2,1H3,(H,11,12,13);;/q;+1;-1. The molecule has 1 rings (SSSR count). The Balaban J connectivity index is 0. The predicted octanol–water partition coefficient (Wildman–Crippen LogP) is -3.44. The van der Waals surface area contributed by atoms with Crippen LogP contribution in [0.4, 0.5) is 0 Å². The van der Waals surface area contributed by atoms with Crippen molar-refractivity contribution in [1.82, 2.24) is 9.96 Å². The Hall–Kier alpha value is 0.790. The largest absolute Gasteiger partial charge is 1.00 e. The van der Waals surface area contributed by atoms with Crippen molar-refractivity contribution in [3.8, 4) is 0 Å². The number of hydroxylamine groups is 2. The van der Waals surface area contributed by atoms with Crippen LogP contribution in [0.1, 0.15) is 8.35 Å². The minimum Gasteiger partial charge on any atom is -1.00 e. The molecule has 92 valence electrons. The van der Waals surface area contributed by atoms with Crippen LogP contribution in [0.3, 0.4) is 0 Å². The van der Waals surface area contributed by atoms with Gasteiger partial charge < -0.3 is 1.43 Å². The summed E-state index contributed by atoms with van der Waals surface area (Å²) < 4.78 is 29.7. The topological polar surface area (TPSA) is 70.1 Å². The average molecular weight is 262 g/mol. The van der Waals surface area contributed by atoms with Crippen molar-refractivity contribution in [2.45, 2.75) is 6.92 Å². The maximum Gasteiger partial charge on any atom is 1.00 e. The number of piperazine rings is 1. The molecule has 1 saturated heterocycles. The van der Waals surface area contributed by atoms with Crippen LogP contribution in [-0.2, 0) is 15.0 Å². The molecule has 1 heterocycles. The molecule has 6 nitrogen and oxygen atoms in total. The molecule has 0 atom stereocenters. The number of nitrogens with zero attached hydrogens (tertiary/aromatic N) is 2. The molecule has 0 aliphatic carbocycles. The molecular formula is C8H19N2NaO4S. The second-order valence-corrected chi connectivity index (χ2v) is 5.05. The SMILES string of the molecule is CCON1CCN(CCS(=O)(=O)O)CC1.[H-].[Na+]. The van der Waals surface area contributed by atoms with Gasteiger partial charge in [-0.25, -0.2) is 0 Å². The number of rotatable bonds is 5. The Labute approximate surface area is 120 Å². The molecule has 0 aromatic heterocycles. The Bertz CT molecular complexity index is 283. The van der Waals surface area contributed by atoms with E-state index in [1.807, 2.05) is 16.9 Å². The van der Waals surface area contributed by atoms with Crippen molar-refractivity contribution >= 4 is 10.1 Å². The summed E-state index contributed by atoms with van der Waals surface area (Å²) in [5.74, 6) is -0.193. The molecule has 1 aliphatic rings. The molecule has 0 spiro atoms. The third kappa shape index (κ3) is 7.18. The zero-order valence-corrected chi connectivity index (χ0v) is 12.7. The molecule has 1 aliphatic heterocycles. The van der Waals surface area contributed by atoms with Crippen molar-refractivity contribution in [3.63, 3.8) is 0 Å². The smallest absolute Gasteiger partial charge is 1.00 e. The van der Waals surface area contributed by atoms with Crippen molar-refractivity contribution in [3.05, 3.63) is 0 Å². The molecule has 1 N–H and O–H groups in total. The van der Waals surface area contributed by atoms with Crippen LogP contribution < -0.4 is 29.6 Å². The van der Waals surface area contributed by atoms with Crippen LogP contribution >= 0.6 is 0 Å². The third-order valence-corrected chi connectivity index (χ3v) is 3.01. The molecule has 16 heavy (non-hydrogen) atoms. The summed E-state index contributed by atoms with van der Waals surface area (Å²) in [6, 6.07) is 0. The van der Waals surface area contributed by atoms with E-state index in [1.165, 1.54) is 0 Å². The summed E-state index contributed by atoms with van der Waals surface area (Å²) in [7, 11) is -3.83. The molecule has 0 saturated carbocycles.